The summed E-state index contributed by atoms with van der Waals surface area (Å²) in [5, 5.41) is 2.54. The zero-order valence-corrected chi connectivity index (χ0v) is 21.0. The quantitative estimate of drug-likeness (QED) is 0.421. The number of hydrogen-bond acceptors (Lipinski definition) is 8. The molecule has 1 amide bonds. The summed E-state index contributed by atoms with van der Waals surface area (Å²) >= 11 is 0. The molecule has 1 atom stereocenters. The lowest BCUT2D eigenvalue weighted by Gasteiger charge is -2.29. The topological polar surface area (TPSA) is 118 Å². The average Bonchev–Trinajstić information content (AvgIpc) is 3.20. The number of amides is 1. The molecule has 6 rings (SSSR count). The van der Waals surface area contributed by atoms with E-state index in [2.05, 4.69) is 47.9 Å². The third kappa shape index (κ3) is 4.54. The Kier molecular flexibility index (Phi) is 6.07. The van der Waals surface area contributed by atoms with Crippen molar-refractivity contribution < 1.29 is 14.3 Å². The third-order valence-corrected chi connectivity index (χ3v) is 7.29. The fraction of sp³-hybridized carbons (Fsp3) is 0.370. The summed E-state index contributed by atoms with van der Waals surface area (Å²) < 4.78 is 10.8. The number of aromatic nitrogens is 5. The summed E-state index contributed by atoms with van der Waals surface area (Å²) in [6, 6.07) is 8.19. The first-order chi connectivity index (χ1) is 18.1. The summed E-state index contributed by atoms with van der Waals surface area (Å²) in [5.41, 5.74) is 6.77. The van der Waals surface area contributed by atoms with Crippen molar-refractivity contribution in [1.82, 2.24) is 24.9 Å². The van der Waals surface area contributed by atoms with Gasteiger partial charge in [-0.1, -0.05) is 19.4 Å². The van der Waals surface area contributed by atoms with E-state index < -0.39 is 6.09 Å². The number of nitrogens with one attached hydrogen (secondary N) is 2. The zero-order chi connectivity index (χ0) is 25.4. The van der Waals surface area contributed by atoms with Gasteiger partial charge in [-0.2, -0.15) is 4.98 Å². The zero-order valence-electron chi connectivity index (χ0n) is 21.0. The fourth-order valence-corrected chi connectivity index (χ4v) is 5.23. The lowest BCUT2D eigenvalue weighted by Crippen LogP contribution is -2.29. The average molecular weight is 500 g/mol. The van der Waals surface area contributed by atoms with Crippen molar-refractivity contribution in [2.24, 2.45) is 5.92 Å². The van der Waals surface area contributed by atoms with Gasteiger partial charge in [0.15, 0.2) is 5.65 Å². The first-order valence-corrected chi connectivity index (χ1v) is 12.7. The number of methoxy groups -OCH3 is 1. The molecule has 2 aliphatic rings. The molecule has 0 spiro atoms. The Morgan fingerprint density at radius 1 is 1.24 bits per heavy atom. The maximum absolute atomic E-state index is 11.5. The second-order valence-corrected chi connectivity index (χ2v) is 9.53. The molecule has 10 nitrogen and oxygen atoms in total. The number of fused-ring (bicyclic) bond motifs is 3. The summed E-state index contributed by atoms with van der Waals surface area (Å²) in [7, 11) is 1.30. The van der Waals surface area contributed by atoms with Crippen LogP contribution in [0.3, 0.4) is 0 Å². The van der Waals surface area contributed by atoms with E-state index in [-0.39, 0.29) is 5.95 Å². The second kappa shape index (κ2) is 9.68. The van der Waals surface area contributed by atoms with Crippen molar-refractivity contribution in [3.63, 3.8) is 0 Å². The molecule has 3 aromatic heterocycles. The van der Waals surface area contributed by atoms with E-state index in [9.17, 15) is 4.79 Å². The molecule has 2 N–H and O–H groups in total. The summed E-state index contributed by atoms with van der Waals surface area (Å²) in [6.45, 7) is 4.33. The predicted molar refractivity (Wildman–Crippen MR) is 140 cm³/mol. The first kappa shape index (κ1) is 23.2. The smallest absolute Gasteiger partial charge is 0.413 e. The van der Waals surface area contributed by atoms with E-state index in [0.29, 0.717) is 24.7 Å². The minimum absolute atomic E-state index is 0.288. The molecule has 10 heteroatoms. The van der Waals surface area contributed by atoms with Crippen LogP contribution >= 0.6 is 0 Å². The van der Waals surface area contributed by atoms with Crippen LogP contribution in [-0.4, -0.2) is 51.3 Å². The maximum Gasteiger partial charge on any atom is 0.413 e. The van der Waals surface area contributed by atoms with Gasteiger partial charge in [-0.3, -0.25) is 5.32 Å². The van der Waals surface area contributed by atoms with E-state index in [1.165, 1.54) is 31.2 Å². The van der Waals surface area contributed by atoms with Gasteiger partial charge < -0.3 is 19.4 Å². The number of carbonyl (C=O) groups is 1. The SMILES string of the molecule is CC[C@H]1CCc2c(ncnc2N2CCOc3ccc(-c4cnc5nc(NC(=O)OC)[nH]c5c4)cc3C2)C1. The number of benzene rings is 1. The number of imidazole rings is 1. The van der Waals surface area contributed by atoms with E-state index in [0.717, 1.165) is 53.2 Å². The highest BCUT2D eigenvalue weighted by Crippen LogP contribution is 2.35. The molecule has 0 fully saturated rings. The number of aromatic amines is 1. The fourth-order valence-electron chi connectivity index (χ4n) is 5.23. The van der Waals surface area contributed by atoms with Crippen LogP contribution in [0.15, 0.2) is 36.8 Å². The van der Waals surface area contributed by atoms with Crippen molar-refractivity contribution in [1.29, 1.82) is 0 Å². The minimum Gasteiger partial charge on any atom is -0.491 e. The first-order valence-electron chi connectivity index (χ1n) is 12.7. The van der Waals surface area contributed by atoms with Gasteiger partial charge in [0.1, 0.15) is 24.5 Å². The van der Waals surface area contributed by atoms with Crippen molar-refractivity contribution in [3.8, 4) is 16.9 Å². The number of anilines is 2. The second-order valence-electron chi connectivity index (χ2n) is 9.53. The largest absolute Gasteiger partial charge is 0.491 e. The van der Waals surface area contributed by atoms with Crippen LogP contribution in [0.4, 0.5) is 16.6 Å². The summed E-state index contributed by atoms with van der Waals surface area (Å²) in [5.74, 6) is 2.92. The Morgan fingerprint density at radius 3 is 3.03 bits per heavy atom. The van der Waals surface area contributed by atoms with E-state index in [1.54, 1.807) is 12.5 Å². The van der Waals surface area contributed by atoms with Crippen LogP contribution in [-0.2, 0) is 24.1 Å². The molecule has 0 radical (unpaired) electrons. The number of rotatable bonds is 4. The van der Waals surface area contributed by atoms with Crippen LogP contribution in [0, 0.1) is 5.92 Å². The minimum atomic E-state index is -0.593. The molecule has 1 aliphatic carbocycles. The Morgan fingerprint density at radius 2 is 2.16 bits per heavy atom. The van der Waals surface area contributed by atoms with Crippen LogP contribution in [0.1, 0.15) is 36.6 Å². The highest BCUT2D eigenvalue weighted by molar-refractivity contribution is 5.86. The highest BCUT2D eigenvalue weighted by Gasteiger charge is 2.26. The van der Waals surface area contributed by atoms with Gasteiger partial charge in [0, 0.05) is 35.1 Å². The summed E-state index contributed by atoms with van der Waals surface area (Å²) in [6.07, 6.45) is 7.34. The molecule has 0 bridgehead atoms. The molecule has 1 aromatic carbocycles. The standard InChI is InChI=1S/C27H29N7O3/c1-3-16-4-6-20-21(10-16)29-15-30-25(20)34-8-9-37-23-7-5-17(11-19(23)14-34)18-12-22-24(28-13-18)32-26(31-22)33-27(35)36-2/h5,7,11-13,15-16H,3-4,6,8-10,14H2,1-2H3,(H2,28,31,32,33,35)/t16-/m0/s1. The molecule has 37 heavy (non-hydrogen) atoms. The van der Waals surface area contributed by atoms with E-state index >= 15 is 0 Å². The normalized spacial score (nSPS) is 16.9. The summed E-state index contributed by atoms with van der Waals surface area (Å²) in [4.78, 5) is 35.0. The van der Waals surface area contributed by atoms with Crippen LogP contribution in [0.5, 0.6) is 5.75 Å². The molecule has 0 saturated carbocycles. The van der Waals surface area contributed by atoms with Gasteiger partial charge >= 0.3 is 6.09 Å². The third-order valence-electron chi connectivity index (χ3n) is 7.29. The molecule has 4 heterocycles. The number of hydrogen-bond donors (Lipinski definition) is 2. The Balaban J connectivity index is 1.29. The predicted octanol–water partition coefficient (Wildman–Crippen LogP) is 4.51. The monoisotopic (exact) mass is 499 g/mol. The van der Waals surface area contributed by atoms with Crippen molar-refractivity contribution in [3.05, 3.63) is 53.6 Å². The molecular formula is C27H29N7O3. The van der Waals surface area contributed by atoms with Gasteiger partial charge in [-0.25, -0.2) is 19.7 Å². The molecule has 4 aromatic rings. The van der Waals surface area contributed by atoms with Crippen LogP contribution < -0.4 is 15.0 Å². The molecule has 190 valence electrons. The number of pyridine rings is 1. The molecular weight excluding hydrogens is 470 g/mol. The molecule has 0 unspecified atom stereocenters. The Labute approximate surface area is 214 Å². The van der Waals surface area contributed by atoms with E-state index in [4.69, 9.17) is 9.72 Å². The molecule has 1 aliphatic heterocycles. The number of ether oxygens (including phenoxy) is 2. The van der Waals surface area contributed by atoms with Gasteiger partial charge in [-0.15, -0.1) is 0 Å². The lowest BCUT2D eigenvalue weighted by atomic mass is 9.85. The van der Waals surface area contributed by atoms with E-state index in [1.807, 2.05) is 18.2 Å². The van der Waals surface area contributed by atoms with Gasteiger partial charge in [0.05, 0.1) is 19.2 Å². The van der Waals surface area contributed by atoms with Crippen molar-refractivity contribution >= 4 is 29.0 Å². The Bertz CT molecular complexity index is 1470. The highest BCUT2D eigenvalue weighted by atomic mass is 16.5. The Hall–Kier alpha value is -4.21. The van der Waals surface area contributed by atoms with Crippen molar-refractivity contribution in [2.75, 3.05) is 30.5 Å². The number of H-pyrrole nitrogens is 1. The molecule has 0 saturated heterocycles. The van der Waals surface area contributed by atoms with Crippen molar-refractivity contribution in [2.45, 2.75) is 39.2 Å². The number of carbonyl (C=O) groups excluding carboxylic acids is 1. The van der Waals surface area contributed by atoms with Gasteiger partial charge in [0.25, 0.3) is 0 Å². The van der Waals surface area contributed by atoms with Crippen LogP contribution in [0.2, 0.25) is 0 Å². The lowest BCUT2D eigenvalue weighted by molar-refractivity contribution is 0.186. The van der Waals surface area contributed by atoms with Crippen LogP contribution in [0.25, 0.3) is 22.3 Å². The number of nitrogens with zero attached hydrogens (tertiary/aromatic N) is 5. The van der Waals surface area contributed by atoms with Gasteiger partial charge in [-0.05, 0) is 48.9 Å². The van der Waals surface area contributed by atoms with Gasteiger partial charge in [0.2, 0.25) is 5.95 Å². The maximum atomic E-state index is 11.5.